The van der Waals surface area contributed by atoms with Crippen LogP contribution in [0.15, 0.2) is 47.1 Å². The van der Waals surface area contributed by atoms with Crippen LogP contribution in [0.3, 0.4) is 0 Å². The summed E-state index contributed by atoms with van der Waals surface area (Å²) in [5.74, 6) is 1.43. The minimum Gasteiger partial charge on any atom is -0.337 e. The average Bonchev–Trinajstić information content (AvgIpc) is 3.56. The van der Waals surface area contributed by atoms with Gasteiger partial charge in [0.1, 0.15) is 0 Å². The Morgan fingerprint density at radius 1 is 0.972 bits per heavy atom. The SMILES string of the molecule is CC(C)c1cc(C(=O)N2CCN(C(C)c3nc(-c4ccccc4)no3)CC2)c2cnn(C(C)C)c2n1. The van der Waals surface area contributed by atoms with Crippen molar-refractivity contribution in [2.75, 3.05) is 26.2 Å². The van der Waals surface area contributed by atoms with Gasteiger partial charge in [0.25, 0.3) is 5.91 Å². The zero-order valence-corrected chi connectivity index (χ0v) is 21.5. The predicted octanol–water partition coefficient (Wildman–Crippen LogP) is 4.70. The van der Waals surface area contributed by atoms with E-state index >= 15 is 0 Å². The minimum absolute atomic E-state index is 0.0309. The van der Waals surface area contributed by atoms with Gasteiger partial charge < -0.3 is 9.42 Å². The van der Waals surface area contributed by atoms with Crippen molar-refractivity contribution in [2.45, 2.75) is 52.6 Å². The molecule has 1 aliphatic rings. The van der Waals surface area contributed by atoms with Crippen LogP contribution >= 0.6 is 0 Å². The van der Waals surface area contributed by atoms with E-state index in [1.165, 1.54) is 0 Å². The van der Waals surface area contributed by atoms with Gasteiger partial charge in [-0.3, -0.25) is 9.69 Å². The molecular weight excluding hydrogens is 454 g/mol. The van der Waals surface area contributed by atoms with Crippen molar-refractivity contribution in [3.05, 3.63) is 59.7 Å². The van der Waals surface area contributed by atoms with Gasteiger partial charge in [0.05, 0.1) is 23.2 Å². The summed E-state index contributed by atoms with van der Waals surface area (Å²) >= 11 is 0. The molecule has 188 valence electrons. The van der Waals surface area contributed by atoms with Gasteiger partial charge >= 0.3 is 0 Å². The van der Waals surface area contributed by atoms with Gasteiger partial charge in [-0.25, -0.2) is 9.67 Å². The summed E-state index contributed by atoms with van der Waals surface area (Å²) in [5.41, 5.74) is 3.30. The molecule has 1 atom stereocenters. The first-order valence-electron chi connectivity index (χ1n) is 12.6. The number of benzene rings is 1. The molecule has 1 amide bonds. The molecule has 4 heterocycles. The van der Waals surface area contributed by atoms with Crippen LogP contribution in [0.4, 0.5) is 0 Å². The Labute approximate surface area is 211 Å². The zero-order valence-electron chi connectivity index (χ0n) is 21.5. The maximum absolute atomic E-state index is 13.7. The number of fused-ring (bicyclic) bond motifs is 1. The monoisotopic (exact) mass is 487 g/mol. The summed E-state index contributed by atoms with van der Waals surface area (Å²) in [7, 11) is 0. The van der Waals surface area contributed by atoms with Crippen LogP contribution in [-0.4, -0.2) is 66.8 Å². The van der Waals surface area contributed by atoms with Crippen LogP contribution in [0.1, 0.15) is 74.6 Å². The molecule has 9 heteroatoms. The molecule has 1 unspecified atom stereocenters. The maximum atomic E-state index is 13.7. The van der Waals surface area contributed by atoms with E-state index in [0.29, 0.717) is 30.4 Å². The van der Waals surface area contributed by atoms with Crippen LogP contribution in [0.25, 0.3) is 22.4 Å². The second-order valence-electron chi connectivity index (χ2n) is 10.00. The number of pyridine rings is 1. The highest BCUT2D eigenvalue weighted by Crippen LogP contribution is 2.27. The fraction of sp³-hybridized carbons (Fsp3) is 0.444. The Morgan fingerprint density at radius 2 is 1.69 bits per heavy atom. The molecule has 1 aliphatic heterocycles. The van der Waals surface area contributed by atoms with Gasteiger partial charge in [0.2, 0.25) is 11.7 Å². The molecule has 5 rings (SSSR count). The molecule has 0 aliphatic carbocycles. The van der Waals surface area contributed by atoms with E-state index in [9.17, 15) is 4.79 Å². The second kappa shape index (κ2) is 9.81. The lowest BCUT2D eigenvalue weighted by atomic mass is 10.0. The lowest BCUT2D eigenvalue weighted by Crippen LogP contribution is -2.49. The third kappa shape index (κ3) is 4.51. The average molecular weight is 488 g/mol. The van der Waals surface area contributed by atoms with Crippen molar-refractivity contribution in [1.82, 2.24) is 34.7 Å². The molecule has 0 radical (unpaired) electrons. The van der Waals surface area contributed by atoms with Crippen LogP contribution in [0.5, 0.6) is 0 Å². The predicted molar refractivity (Wildman–Crippen MR) is 138 cm³/mol. The van der Waals surface area contributed by atoms with E-state index < -0.39 is 0 Å². The largest absolute Gasteiger partial charge is 0.337 e. The van der Waals surface area contributed by atoms with Crippen LogP contribution in [0.2, 0.25) is 0 Å². The highest BCUT2D eigenvalue weighted by molar-refractivity contribution is 6.05. The smallest absolute Gasteiger partial charge is 0.254 e. The van der Waals surface area contributed by atoms with Crippen molar-refractivity contribution >= 4 is 16.9 Å². The van der Waals surface area contributed by atoms with Crippen LogP contribution in [-0.2, 0) is 0 Å². The van der Waals surface area contributed by atoms with Gasteiger partial charge in [-0.1, -0.05) is 49.3 Å². The van der Waals surface area contributed by atoms with Crippen molar-refractivity contribution in [3.63, 3.8) is 0 Å². The normalized spacial score (nSPS) is 15.8. The van der Waals surface area contributed by atoms with E-state index in [-0.39, 0.29) is 23.9 Å². The van der Waals surface area contributed by atoms with Crippen molar-refractivity contribution < 1.29 is 9.32 Å². The first-order chi connectivity index (χ1) is 17.3. The van der Waals surface area contributed by atoms with Crippen LogP contribution in [0, 0.1) is 0 Å². The lowest BCUT2D eigenvalue weighted by Gasteiger charge is -2.37. The van der Waals surface area contributed by atoms with Gasteiger partial charge in [-0.05, 0) is 32.8 Å². The van der Waals surface area contributed by atoms with E-state index in [0.717, 1.165) is 35.4 Å². The van der Waals surface area contributed by atoms with Gasteiger partial charge in [-0.2, -0.15) is 10.1 Å². The summed E-state index contributed by atoms with van der Waals surface area (Å²) in [6, 6.07) is 11.9. The third-order valence-corrected chi connectivity index (χ3v) is 6.88. The van der Waals surface area contributed by atoms with E-state index in [2.05, 4.69) is 54.8 Å². The minimum atomic E-state index is -0.0309. The molecule has 36 heavy (non-hydrogen) atoms. The van der Waals surface area contributed by atoms with Gasteiger partial charge in [0, 0.05) is 43.5 Å². The Kier molecular flexibility index (Phi) is 6.57. The number of hydrogen-bond acceptors (Lipinski definition) is 7. The number of hydrogen-bond donors (Lipinski definition) is 0. The number of piperazine rings is 1. The highest BCUT2D eigenvalue weighted by atomic mass is 16.5. The maximum Gasteiger partial charge on any atom is 0.254 e. The summed E-state index contributed by atoms with van der Waals surface area (Å²) in [6.45, 7) is 13.1. The molecular formula is C27H33N7O2. The van der Waals surface area contributed by atoms with Crippen LogP contribution < -0.4 is 0 Å². The Balaban J connectivity index is 1.31. The number of aromatic nitrogens is 5. The summed E-state index contributed by atoms with van der Waals surface area (Å²) in [6.07, 6.45) is 1.78. The number of amides is 1. The Hall–Kier alpha value is -3.59. The topological polar surface area (TPSA) is 93.2 Å². The summed E-state index contributed by atoms with van der Waals surface area (Å²) < 4.78 is 7.48. The Morgan fingerprint density at radius 3 is 2.36 bits per heavy atom. The Bertz CT molecular complexity index is 1350. The zero-order chi connectivity index (χ0) is 25.4. The molecule has 0 N–H and O–H groups in total. The molecule has 0 spiro atoms. The number of nitrogens with zero attached hydrogens (tertiary/aromatic N) is 7. The molecule has 3 aromatic heterocycles. The van der Waals surface area contributed by atoms with Crippen molar-refractivity contribution in [2.24, 2.45) is 0 Å². The van der Waals surface area contributed by atoms with Crippen molar-refractivity contribution in [1.29, 1.82) is 0 Å². The summed E-state index contributed by atoms with van der Waals surface area (Å²) in [5, 5.41) is 9.50. The van der Waals surface area contributed by atoms with E-state index in [4.69, 9.17) is 9.51 Å². The molecule has 9 nitrogen and oxygen atoms in total. The highest BCUT2D eigenvalue weighted by Gasteiger charge is 2.30. The quantitative estimate of drug-likeness (QED) is 0.389. The first kappa shape index (κ1) is 24.1. The number of carbonyl (C=O) groups is 1. The molecule has 1 saturated heterocycles. The molecule has 4 aromatic rings. The second-order valence-corrected chi connectivity index (χ2v) is 10.00. The van der Waals surface area contributed by atoms with Gasteiger partial charge in [-0.15, -0.1) is 0 Å². The molecule has 1 fully saturated rings. The third-order valence-electron chi connectivity index (χ3n) is 6.88. The number of rotatable bonds is 6. The molecule has 0 bridgehead atoms. The van der Waals surface area contributed by atoms with Crippen molar-refractivity contribution in [3.8, 4) is 11.4 Å². The fourth-order valence-corrected chi connectivity index (χ4v) is 4.64. The number of carbonyl (C=O) groups excluding carboxylic acids is 1. The lowest BCUT2D eigenvalue weighted by molar-refractivity contribution is 0.0553. The standard InChI is InChI=1S/C27H33N7O2/c1-17(2)23-15-21(22-16-28-34(18(3)4)25(22)29-23)27(35)33-13-11-32(12-14-33)19(5)26-30-24(31-36-26)20-9-7-6-8-10-20/h6-10,15-19H,11-14H2,1-5H3. The molecule has 1 aromatic carbocycles. The fourth-order valence-electron chi connectivity index (χ4n) is 4.64. The van der Waals surface area contributed by atoms with E-state index in [1.807, 2.05) is 46.0 Å². The van der Waals surface area contributed by atoms with Gasteiger partial charge in [0.15, 0.2) is 5.65 Å². The first-order valence-corrected chi connectivity index (χ1v) is 12.6. The summed E-state index contributed by atoms with van der Waals surface area (Å²) in [4.78, 5) is 27.3. The molecule has 0 saturated carbocycles. The van der Waals surface area contributed by atoms with E-state index in [1.54, 1.807) is 6.20 Å².